The molecule has 0 amide bonds. The lowest BCUT2D eigenvalue weighted by atomic mass is 9.96. The number of rotatable bonds is 1. The minimum Gasteiger partial charge on any atom is -0.300 e. The molecule has 3 heteroatoms. The van der Waals surface area contributed by atoms with Crippen molar-refractivity contribution in [1.29, 1.82) is 0 Å². The molecular weight excluding hydrogens is 175 g/mol. The Labute approximate surface area is 73.9 Å². The van der Waals surface area contributed by atoms with Gasteiger partial charge in [-0.05, 0) is 23.8 Å². The van der Waals surface area contributed by atoms with E-state index in [0.717, 1.165) is 29.9 Å². The van der Waals surface area contributed by atoms with Crippen LogP contribution in [0.2, 0.25) is 0 Å². The van der Waals surface area contributed by atoms with Crippen LogP contribution in [0.25, 0.3) is 0 Å². The fourth-order valence-electron chi connectivity index (χ4n) is 2.19. The number of carbonyl (C=O) groups is 1. The second-order valence-electron chi connectivity index (χ2n) is 3.48. The van der Waals surface area contributed by atoms with Crippen LogP contribution in [-0.2, 0) is 4.79 Å². The summed E-state index contributed by atoms with van der Waals surface area (Å²) in [6.45, 7) is 0. The van der Waals surface area contributed by atoms with E-state index < -0.39 is 0 Å². The Kier molecular flexibility index (Phi) is 2.25. The van der Waals surface area contributed by atoms with Crippen molar-refractivity contribution in [3.63, 3.8) is 0 Å². The van der Waals surface area contributed by atoms with Crippen molar-refractivity contribution in [2.75, 3.05) is 11.9 Å². The van der Waals surface area contributed by atoms with Gasteiger partial charge in [-0.2, -0.15) is 11.8 Å². The highest BCUT2D eigenvalue weighted by Crippen LogP contribution is 2.46. The molecule has 3 unspecified atom stereocenters. The molecule has 1 saturated carbocycles. The number of fused-ring (bicyclic) bond motifs is 1. The lowest BCUT2D eigenvalue weighted by Gasteiger charge is -2.13. The maximum Gasteiger partial charge on any atom is 0.133 e. The van der Waals surface area contributed by atoms with E-state index in [9.17, 15) is 4.79 Å². The monoisotopic (exact) mass is 188 g/mol. The molecule has 2 rings (SSSR count). The summed E-state index contributed by atoms with van der Waals surface area (Å²) in [6, 6.07) is 0. The minimum absolute atomic E-state index is 0.503. The summed E-state index contributed by atoms with van der Waals surface area (Å²) in [4.78, 5) is 11.1. The summed E-state index contributed by atoms with van der Waals surface area (Å²) in [7, 11) is 2.80. The van der Waals surface area contributed by atoms with Crippen LogP contribution < -0.4 is 0 Å². The standard InChI is InChI=1S/C8H13OPS/c9-6-1-5-4-11-8(3-10)7(5)2-6/h5,7-8H,1-4,10H2/t5-,7?,8?/m1/s1. The summed E-state index contributed by atoms with van der Waals surface area (Å²) in [5, 5.41) is 0.761. The Bertz CT molecular complexity index is 183. The smallest absolute Gasteiger partial charge is 0.133 e. The van der Waals surface area contributed by atoms with E-state index in [4.69, 9.17) is 0 Å². The molecule has 1 saturated heterocycles. The van der Waals surface area contributed by atoms with Crippen LogP contribution in [0.3, 0.4) is 0 Å². The molecule has 0 N–H and O–H groups in total. The Morgan fingerprint density at radius 2 is 2.36 bits per heavy atom. The Morgan fingerprint density at radius 1 is 1.55 bits per heavy atom. The second-order valence-corrected chi connectivity index (χ2v) is 5.22. The molecule has 0 aromatic rings. The van der Waals surface area contributed by atoms with Gasteiger partial charge in [0.05, 0.1) is 0 Å². The van der Waals surface area contributed by atoms with Crippen molar-refractivity contribution < 1.29 is 4.79 Å². The van der Waals surface area contributed by atoms with Crippen LogP contribution in [0.1, 0.15) is 12.8 Å². The molecule has 0 aromatic carbocycles. The molecule has 2 fully saturated rings. The van der Waals surface area contributed by atoms with E-state index in [1.807, 2.05) is 0 Å². The number of carbonyl (C=O) groups excluding carboxylic acids is 1. The predicted octanol–water partition coefficient (Wildman–Crippen LogP) is 1.57. The van der Waals surface area contributed by atoms with Crippen LogP contribution in [0, 0.1) is 11.8 Å². The zero-order chi connectivity index (χ0) is 7.84. The topological polar surface area (TPSA) is 17.1 Å². The van der Waals surface area contributed by atoms with Crippen molar-refractivity contribution in [2.24, 2.45) is 11.8 Å². The van der Waals surface area contributed by atoms with Gasteiger partial charge < -0.3 is 0 Å². The molecule has 0 bridgehead atoms. The predicted molar refractivity (Wildman–Crippen MR) is 52.0 cm³/mol. The molecule has 4 atom stereocenters. The summed E-state index contributed by atoms with van der Waals surface area (Å²) >= 11 is 2.06. The molecule has 1 aliphatic heterocycles. The summed E-state index contributed by atoms with van der Waals surface area (Å²) in [5.41, 5.74) is 0. The third kappa shape index (κ3) is 1.36. The fourth-order valence-corrected chi connectivity index (χ4v) is 4.51. The zero-order valence-corrected chi connectivity index (χ0v) is 8.43. The normalized spacial score (nSPS) is 43.0. The van der Waals surface area contributed by atoms with Gasteiger partial charge in [-0.3, -0.25) is 4.79 Å². The van der Waals surface area contributed by atoms with Crippen molar-refractivity contribution in [2.45, 2.75) is 18.1 Å². The van der Waals surface area contributed by atoms with Crippen LogP contribution >= 0.6 is 21.0 Å². The third-order valence-electron chi connectivity index (χ3n) is 2.79. The third-order valence-corrected chi connectivity index (χ3v) is 5.23. The molecule has 11 heavy (non-hydrogen) atoms. The van der Waals surface area contributed by atoms with Gasteiger partial charge in [0.25, 0.3) is 0 Å². The molecule has 0 aromatic heterocycles. The van der Waals surface area contributed by atoms with E-state index >= 15 is 0 Å². The first-order chi connectivity index (χ1) is 5.31. The van der Waals surface area contributed by atoms with Gasteiger partial charge >= 0.3 is 0 Å². The van der Waals surface area contributed by atoms with E-state index in [0.29, 0.717) is 5.78 Å². The number of hydrogen-bond acceptors (Lipinski definition) is 2. The number of hydrogen-bond donors (Lipinski definition) is 0. The van der Waals surface area contributed by atoms with E-state index in [1.54, 1.807) is 0 Å². The SMILES string of the molecule is O=C1CC2C(CP)SC[C@H]2C1. The molecule has 1 heterocycles. The summed E-state index contributed by atoms with van der Waals surface area (Å²) < 4.78 is 0. The second kappa shape index (κ2) is 3.06. The molecule has 1 aliphatic carbocycles. The van der Waals surface area contributed by atoms with E-state index in [-0.39, 0.29) is 0 Å². The van der Waals surface area contributed by atoms with Gasteiger partial charge in [0.2, 0.25) is 0 Å². The summed E-state index contributed by atoms with van der Waals surface area (Å²) in [6.07, 6.45) is 2.91. The van der Waals surface area contributed by atoms with Crippen molar-refractivity contribution in [3.8, 4) is 0 Å². The van der Waals surface area contributed by atoms with Gasteiger partial charge in [0.1, 0.15) is 5.78 Å². The zero-order valence-electron chi connectivity index (χ0n) is 6.45. The van der Waals surface area contributed by atoms with E-state index in [1.165, 1.54) is 11.9 Å². The molecule has 2 aliphatic rings. The van der Waals surface area contributed by atoms with Crippen molar-refractivity contribution in [1.82, 2.24) is 0 Å². The molecule has 0 spiro atoms. The van der Waals surface area contributed by atoms with E-state index in [2.05, 4.69) is 21.0 Å². The lowest BCUT2D eigenvalue weighted by Crippen LogP contribution is -2.14. The van der Waals surface area contributed by atoms with Gasteiger partial charge in [0, 0.05) is 18.1 Å². The van der Waals surface area contributed by atoms with Gasteiger partial charge in [-0.1, -0.05) is 0 Å². The highest BCUT2D eigenvalue weighted by Gasteiger charge is 2.42. The number of Topliss-reactive ketones (excluding diaryl/α,β-unsaturated/α-hetero) is 1. The molecular formula is C8H13OPS. The maximum absolute atomic E-state index is 11.1. The van der Waals surface area contributed by atoms with Gasteiger partial charge in [0.15, 0.2) is 0 Å². The highest BCUT2D eigenvalue weighted by molar-refractivity contribution is 8.00. The lowest BCUT2D eigenvalue weighted by molar-refractivity contribution is -0.117. The average molecular weight is 188 g/mol. The maximum atomic E-state index is 11.1. The molecule has 0 radical (unpaired) electrons. The van der Waals surface area contributed by atoms with Crippen molar-refractivity contribution >= 4 is 26.8 Å². The number of ketones is 1. The first-order valence-corrected chi connectivity index (χ1v) is 6.01. The Balaban J connectivity index is 2.07. The van der Waals surface area contributed by atoms with Crippen LogP contribution in [-0.4, -0.2) is 22.9 Å². The largest absolute Gasteiger partial charge is 0.300 e. The van der Waals surface area contributed by atoms with Crippen LogP contribution in [0.5, 0.6) is 0 Å². The number of thioether (sulfide) groups is 1. The molecule has 62 valence electrons. The first kappa shape index (κ1) is 8.07. The van der Waals surface area contributed by atoms with Gasteiger partial charge in [-0.15, -0.1) is 9.24 Å². The first-order valence-electron chi connectivity index (χ1n) is 4.14. The fraction of sp³-hybridized carbons (Fsp3) is 0.875. The van der Waals surface area contributed by atoms with Crippen LogP contribution in [0.15, 0.2) is 0 Å². The Hall–Kier alpha value is 0.450. The minimum atomic E-state index is 0.503. The molecule has 1 nitrogen and oxygen atoms in total. The van der Waals surface area contributed by atoms with Crippen molar-refractivity contribution in [3.05, 3.63) is 0 Å². The van der Waals surface area contributed by atoms with Gasteiger partial charge in [-0.25, -0.2) is 0 Å². The van der Waals surface area contributed by atoms with Crippen LogP contribution in [0.4, 0.5) is 0 Å². The quantitative estimate of drug-likeness (QED) is 0.581. The Morgan fingerprint density at radius 3 is 3.09 bits per heavy atom. The summed E-state index contributed by atoms with van der Waals surface area (Å²) in [5.74, 6) is 3.20. The highest BCUT2D eigenvalue weighted by atomic mass is 32.2. The average Bonchev–Trinajstić information content (AvgIpc) is 2.45.